The van der Waals surface area contributed by atoms with Crippen molar-refractivity contribution in [1.29, 1.82) is 0 Å². The lowest BCUT2D eigenvalue weighted by atomic mass is 10.1. The Morgan fingerprint density at radius 1 is 1.32 bits per heavy atom. The summed E-state index contributed by atoms with van der Waals surface area (Å²) in [7, 11) is 0. The highest BCUT2D eigenvalue weighted by atomic mass is 127. The summed E-state index contributed by atoms with van der Waals surface area (Å²) in [5.74, 6) is -0.130. The van der Waals surface area contributed by atoms with Crippen LogP contribution in [-0.2, 0) is 0 Å². The fourth-order valence-electron chi connectivity index (χ4n) is 1.64. The molecule has 0 atom stereocenters. The number of nitrogen functional groups attached to an aromatic ring is 1. The Kier molecular flexibility index (Phi) is 4.46. The van der Waals surface area contributed by atoms with E-state index in [0.29, 0.717) is 16.9 Å². The minimum atomic E-state index is -0.130. The molecule has 0 aliphatic carbocycles. The molecular weight excluding hydrogens is 419 g/mol. The molecule has 0 aliphatic rings. The number of anilines is 2. The van der Waals surface area contributed by atoms with Crippen molar-refractivity contribution in [2.45, 2.75) is 6.92 Å². The van der Waals surface area contributed by atoms with Gasteiger partial charge in [0.05, 0.1) is 5.56 Å². The van der Waals surface area contributed by atoms with Crippen LogP contribution in [0.2, 0.25) is 0 Å². The van der Waals surface area contributed by atoms with Gasteiger partial charge in [-0.3, -0.25) is 4.79 Å². The first-order valence-corrected chi connectivity index (χ1v) is 7.47. The van der Waals surface area contributed by atoms with Gasteiger partial charge in [-0.05, 0) is 75.3 Å². The number of amides is 1. The van der Waals surface area contributed by atoms with Crippen molar-refractivity contribution in [3.63, 3.8) is 0 Å². The predicted molar refractivity (Wildman–Crippen MR) is 90.4 cm³/mol. The van der Waals surface area contributed by atoms with Crippen LogP contribution in [0.25, 0.3) is 0 Å². The summed E-state index contributed by atoms with van der Waals surface area (Å²) in [6.07, 6.45) is 0. The number of rotatable bonds is 2. The topological polar surface area (TPSA) is 55.1 Å². The van der Waals surface area contributed by atoms with E-state index in [2.05, 4.69) is 43.8 Å². The molecule has 2 rings (SSSR count). The quantitative estimate of drug-likeness (QED) is 0.554. The highest BCUT2D eigenvalue weighted by molar-refractivity contribution is 14.1. The molecule has 0 radical (unpaired) electrons. The zero-order valence-electron chi connectivity index (χ0n) is 10.2. The van der Waals surface area contributed by atoms with Crippen LogP contribution in [0, 0.1) is 10.5 Å². The first-order chi connectivity index (χ1) is 8.99. The molecule has 1 amide bonds. The van der Waals surface area contributed by atoms with E-state index in [1.54, 1.807) is 12.1 Å². The maximum Gasteiger partial charge on any atom is 0.256 e. The van der Waals surface area contributed by atoms with Crippen LogP contribution >= 0.6 is 38.5 Å². The van der Waals surface area contributed by atoms with Gasteiger partial charge in [0, 0.05) is 19.4 Å². The van der Waals surface area contributed by atoms with E-state index >= 15 is 0 Å². The summed E-state index contributed by atoms with van der Waals surface area (Å²) < 4.78 is 1.78. The third kappa shape index (κ3) is 3.27. The van der Waals surface area contributed by atoms with Gasteiger partial charge in [-0.25, -0.2) is 0 Å². The van der Waals surface area contributed by atoms with Crippen molar-refractivity contribution in [3.8, 4) is 0 Å². The lowest BCUT2D eigenvalue weighted by Gasteiger charge is -2.09. The monoisotopic (exact) mass is 430 g/mol. The van der Waals surface area contributed by atoms with Crippen LogP contribution < -0.4 is 11.1 Å². The van der Waals surface area contributed by atoms with Crippen molar-refractivity contribution < 1.29 is 4.79 Å². The second-order valence-corrected chi connectivity index (χ2v) is 6.06. The zero-order valence-corrected chi connectivity index (χ0v) is 13.9. The highest BCUT2D eigenvalue weighted by Gasteiger charge is 2.11. The van der Waals surface area contributed by atoms with Crippen LogP contribution in [-0.4, -0.2) is 5.91 Å². The summed E-state index contributed by atoms with van der Waals surface area (Å²) in [5.41, 5.74) is 8.82. The first-order valence-electron chi connectivity index (χ1n) is 5.60. The number of hydrogen-bond acceptors (Lipinski definition) is 2. The van der Waals surface area contributed by atoms with E-state index in [0.717, 1.165) is 13.6 Å². The molecule has 0 saturated heterocycles. The van der Waals surface area contributed by atoms with Gasteiger partial charge in [0.15, 0.2) is 0 Å². The van der Waals surface area contributed by atoms with E-state index in [-0.39, 0.29) is 5.91 Å². The number of benzene rings is 2. The normalized spacial score (nSPS) is 10.3. The van der Waals surface area contributed by atoms with Crippen molar-refractivity contribution in [1.82, 2.24) is 0 Å². The van der Waals surface area contributed by atoms with E-state index in [4.69, 9.17) is 5.73 Å². The Morgan fingerprint density at radius 3 is 2.74 bits per heavy atom. The number of halogens is 2. The van der Waals surface area contributed by atoms with Crippen molar-refractivity contribution in [2.24, 2.45) is 0 Å². The first kappa shape index (κ1) is 14.3. The molecule has 3 nitrogen and oxygen atoms in total. The Hall–Kier alpha value is -1.08. The molecule has 0 aliphatic heterocycles. The van der Waals surface area contributed by atoms with Gasteiger partial charge in [-0.1, -0.05) is 12.1 Å². The second kappa shape index (κ2) is 5.92. The Morgan fingerprint density at radius 2 is 2.05 bits per heavy atom. The fourth-order valence-corrected chi connectivity index (χ4v) is 2.49. The molecule has 0 spiro atoms. The average Bonchev–Trinajstić information content (AvgIpc) is 2.37. The minimum Gasteiger partial charge on any atom is -0.398 e. The smallest absolute Gasteiger partial charge is 0.256 e. The maximum atomic E-state index is 12.2. The molecule has 0 unspecified atom stereocenters. The van der Waals surface area contributed by atoms with Gasteiger partial charge < -0.3 is 11.1 Å². The fraction of sp³-hybridized carbons (Fsp3) is 0.0714. The van der Waals surface area contributed by atoms with Crippen molar-refractivity contribution in [2.75, 3.05) is 11.1 Å². The van der Waals surface area contributed by atoms with Crippen LogP contribution in [0.3, 0.4) is 0 Å². The third-order valence-electron chi connectivity index (χ3n) is 2.69. The van der Waals surface area contributed by atoms with Gasteiger partial charge in [0.25, 0.3) is 5.91 Å². The SMILES string of the molecule is Cc1cccc(C(=O)Nc2ccc(Br)c(N)c2)c1I. The van der Waals surface area contributed by atoms with Gasteiger partial charge in [0.1, 0.15) is 0 Å². The lowest BCUT2D eigenvalue weighted by molar-refractivity contribution is 0.102. The number of nitrogens with two attached hydrogens (primary N) is 1. The van der Waals surface area contributed by atoms with E-state index in [1.165, 1.54) is 0 Å². The largest absolute Gasteiger partial charge is 0.398 e. The molecule has 2 aromatic carbocycles. The van der Waals surface area contributed by atoms with Crippen LogP contribution in [0.1, 0.15) is 15.9 Å². The lowest BCUT2D eigenvalue weighted by Crippen LogP contribution is -2.14. The number of nitrogens with one attached hydrogen (secondary N) is 1. The van der Waals surface area contributed by atoms with Crippen LogP contribution in [0.4, 0.5) is 11.4 Å². The second-order valence-electron chi connectivity index (χ2n) is 4.13. The predicted octanol–water partition coefficient (Wildman–Crippen LogP) is 4.20. The maximum absolute atomic E-state index is 12.2. The molecule has 0 fully saturated rings. The summed E-state index contributed by atoms with van der Waals surface area (Å²) >= 11 is 5.50. The molecular formula is C14H12BrIN2O. The zero-order chi connectivity index (χ0) is 14.0. The van der Waals surface area contributed by atoms with Crippen molar-refractivity contribution in [3.05, 3.63) is 55.6 Å². The Balaban J connectivity index is 2.26. The molecule has 2 aromatic rings. The summed E-state index contributed by atoms with van der Waals surface area (Å²) in [6, 6.07) is 11.0. The summed E-state index contributed by atoms with van der Waals surface area (Å²) in [4.78, 5) is 12.2. The highest BCUT2D eigenvalue weighted by Crippen LogP contribution is 2.24. The molecule has 3 N–H and O–H groups in total. The summed E-state index contributed by atoms with van der Waals surface area (Å²) in [5, 5.41) is 2.85. The van der Waals surface area contributed by atoms with E-state index in [9.17, 15) is 4.79 Å². The number of carbonyl (C=O) groups is 1. The van der Waals surface area contributed by atoms with Crippen LogP contribution in [0.15, 0.2) is 40.9 Å². The molecule has 0 aromatic heterocycles. The van der Waals surface area contributed by atoms with Gasteiger partial charge in [0.2, 0.25) is 0 Å². The van der Waals surface area contributed by atoms with E-state index in [1.807, 2.05) is 31.2 Å². The van der Waals surface area contributed by atoms with Crippen molar-refractivity contribution >= 4 is 55.8 Å². The molecule has 0 saturated carbocycles. The van der Waals surface area contributed by atoms with Gasteiger partial charge >= 0.3 is 0 Å². The Labute approximate surface area is 133 Å². The number of carbonyl (C=O) groups excluding carboxylic acids is 1. The average molecular weight is 431 g/mol. The number of hydrogen-bond donors (Lipinski definition) is 2. The van der Waals surface area contributed by atoms with E-state index < -0.39 is 0 Å². The molecule has 19 heavy (non-hydrogen) atoms. The minimum absolute atomic E-state index is 0.130. The molecule has 0 bridgehead atoms. The molecule has 5 heteroatoms. The number of aryl methyl sites for hydroxylation is 1. The third-order valence-corrected chi connectivity index (χ3v) is 4.84. The summed E-state index contributed by atoms with van der Waals surface area (Å²) in [6.45, 7) is 1.98. The van der Waals surface area contributed by atoms with Gasteiger partial charge in [-0.2, -0.15) is 0 Å². The molecule has 98 valence electrons. The standard InChI is InChI=1S/C14H12BrIN2O/c1-8-3-2-4-10(13(8)16)14(19)18-9-5-6-11(15)12(17)7-9/h2-7H,17H2,1H3,(H,18,19). The molecule has 0 heterocycles. The van der Waals surface area contributed by atoms with Crippen LogP contribution in [0.5, 0.6) is 0 Å². The Bertz CT molecular complexity index is 643. The van der Waals surface area contributed by atoms with Gasteiger partial charge in [-0.15, -0.1) is 0 Å².